The molecule has 1 N–H and O–H groups in total. The first-order valence-corrected chi connectivity index (χ1v) is 10.4. The van der Waals surface area contributed by atoms with Crippen LogP contribution in [0.15, 0.2) is 48.5 Å². The van der Waals surface area contributed by atoms with Gasteiger partial charge in [-0.1, -0.05) is 24.3 Å². The molecule has 2 aliphatic heterocycles. The van der Waals surface area contributed by atoms with E-state index in [-0.39, 0.29) is 11.8 Å². The first-order chi connectivity index (χ1) is 14.6. The summed E-state index contributed by atoms with van der Waals surface area (Å²) in [5.41, 5.74) is 4.29. The zero-order valence-electron chi connectivity index (χ0n) is 17.3. The molecule has 4 rings (SSSR count). The molecule has 0 atom stereocenters. The van der Waals surface area contributed by atoms with Crippen LogP contribution in [0.3, 0.4) is 0 Å². The minimum atomic E-state index is -0.0993. The predicted molar refractivity (Wildman–Crippen MR) is 117 cm³/mol. The van der Waals surface area contributed by atoms with Gasteiger partial charge in [-0.25, -0.2) is 0 Å². The van der Waals surface area contributed by atoms with Crippen LogP contribution in [0.1, 0.15) is 23.6 Å². The topological polar surface area (TPSA) is 61.9 Å². The molecule has 30 heavy (non-hydrogen) atoms. The molecule has 0 saturated carbocycles. The van der Waals surface area contributed by atoms with Crippen LogP contribution in [0, 0.1) is 0 Å². The Kier molecular flexibility index (Phi) is 6.14. The Labute approximate surface area is 177 Å². The summed E-state index contributed by atoms with van der Waals surface area (Å²) in [6, 6.07) is 13.9. The van der Waals surface area contributed by atoms with Gasteiger partial charge >= 0.3 is 0 Å². The number of hydrogen-bond donors (Lipinski definition) is 1. The van der Waals surface area contributed by atoms with Crippen molar-refractivity contribution in [1.29, 1.82) is 0 Å². The van der Waals surface area contributed by atoms with Crippen molar-refractivity contribution in [3.63, 3.8) is 0 Å². The quantitative estimate of drug-likeness (QED) is 0.777. The number of nitrogens with zero attached hydrogens (tertiary/aromatic N) is 2. The Morgan fingerprint density at radius 2 is 1.83 bits per heavy atom. The summed E-state index contributed by atoms with van der Waals surface area (Å²) in [4.78, 5) is 27.9. The van der Waals surface area contributed by atoms with Crippen molar-refractivity contribution in [2.75, 3.05) is 38.1 Å². The van der Waals surface area contributed by atoms with E-state index in [1.807, 2.05) is 35.2 Å². The van der Waals surface area contributed by atoms with Crippen LogP contribution in [0.2, 0.25) is 0 Å². The molecule has 2 aromatic rings. The molecule has 0 radical (unpaired) electrons. The lowest BCUT2D eigenvalue weighted by atomic mass is 10.1. The number of hydrogen-bond acceptors (Lipinski definition) is 4. The van der Waals surface area contributed by atoms with Crippen LogP contribution in [-0.2, 0) is 22.6 Å². The standard InChI is InChI=1S/C24H27N3O3/c1-18(28)25-22-6-2-19(3-7-22)5-9-24(29)27-13-11-26(12-14-27)17-20-4-8-23-21(16-20)10-15-30-23/h2-9,16H,10-15,17H2,1H3,(H,25,28)/b9-5+. The number of carbonyl (C=O) groups is 2. The number of piperazine rings is 1. The van der Waals surface area contributed by atoms with Crippen molar-refractivity contribution in [2.45, 2.75) is 19.9 Å². The Morgan fingerprint density at radius 3 is 2.57 bits per heavy atom. The number of benzene rings is 2. The van der Waals surface area contributed by atoms with E-state index in [2.05, 4.69) is 28.4 Å². The van der Waals surface area contributed by atoms with E-state index in [9.17, 15) is 9.59 Å². The van der Waals surface area contributed by atoms with Gasteiger partial charge in [-0.05, 0) is 41.0 Å². The monoisotopic (exact) mass is 405 g/mol. The number of nitrogens with one attached hydrogen (secondary N) is 1. The van der Waals surface area contributed by atoms with E-state index in [0.29, 0.717) is 0 Å². The van der Waals surface area contributed by atoms with Gasteiger partial charge in [0.05, 0.1) is 6.61 Å². The number of amides is 2. The summed E-state index contributed by atoms with van der Waals surface area (Å²) < 4.78 is 5.58. The van der Waals surface area contributed by atoms with Crippen molar-refractivity contribution >= 4 is 23.6 Å². The summed E-state index contributed by atoms with van der Waals surface area (Å²) in [7, 11) is 0. The maximum Gasteiger partial charge on any atom is 0.246 e. The van der Waals surface area contributed by atoms with Crippen molar-refractivity contribution < 1.29 is 14.3 Å². The summed E-state index contributed by atoms with van der Waals surface area (Å²) in [6.07, 6.45) is 4.44. The van der Waals surface area contributed by atoms with Gasteiger partial charge in [0.15, 0.2) is 0 Å². The zero-order chi connectivity index (χ0) is 20.9. The molecule has 6 nitrogen and oxygen atoms in total. The van der Waals surface area contributed by atoms with Crippen molar-refractivity contribution in [1.82, 2.24) is 9.80 Å². The molecule has 1 fully saturated rings. The first kappa shape index (κ1) is 20.2. The summed E-state index contributed by atoms with van der Waals surface area (Å²) in [5.74, 6) is 0.957. The molecule has 1 saturated heterocycles. The highest BCUT2D eigenvalue weighted by Gasteiger charge is 2.20. The van der Waals surface area contributed by atoms with Gasteiger partial charge in [0.2, 0.25) is 11.8 Å². The Bertz CT molecular complexity index is 945. The lowest BCUT2D eigenvalue weighted by Gasteiger charge is -2.34. The predicted octanol–water partition coefficient (Wildman–Crippen LogP) is 2.94. The molecule has 2 heterocycles. The lowest BCUT2D eigenvalue weighted by molar-refractivity contribution is -0.127. The van der Waals surface area contributed by atoms with Gasteiger partial charge in [0.1, 0.15) is 5.75 Å². The number of anilines is 1. The molecule has 0 unspecified atom stereocenters. The number of carbonyl (C=O) groups excluding carboxylic acids is 2. The Balaban J connectivity index is 1.26. The van der Waals surface area contributed by atoms with Crippen LogP contribution < -0.4 is 10.1 Å². The van der Waals surface area contributed by atoms with Crippen LogP contribution in [0.4, 0.5) is 5.69 Å². The average Bonchev–Trinajstić information content (AvgIpc) is 3.21. The number of fused-ring (bicyclic) bond motifs is 1. The Hall–Kier alpha value is -3.12. The maximum atomic E-state index is 12.5. The molecular weight excluding hydrogens is 378 g/mol. The van der Waals surface area contributed by atoms with E-state index >= 15 is 0 Å². The molecule has 156 valence electrons. The fourth-order valence-corrected chi connectivity index (χ4v) is 3.88. The molecule has 0 aliphatic carbocycles. The van der Waals surface area contributed by atoms with Crippen molar-refractivity contribution in [2.24, 2.45) is 0 Å². The van der Waals surface area contributed by atoms with E-state index in [1.54, 1.807) is 6.08 Å². The number of rotatable bonds is 5. The van der Waals surface area contributed by atoms with Crippen LogP contribution in [0.5, 0.6) is 5.75 Å². The first-order valence-electron chi connectivity index (χ1n) is 10.4. The highest BCUT2D eigenvalue weighted by Crippen LogP contribution is 2.26. The fraction of sp³-hybridized carbons (Fsp3) is 0.333. The van der Waals surface area contributed by atoms with E-state index in [1.165, 1.54) is 18.1 Å². The third-order valence-electron chi connectivity index (χ3n) is 5.49. The zero-order valence-corrected chi connectivity index (χ0v) is 17.3. The molecule has 0 spiro atoms. The van der Waals surface area contributed by atoms with Gasteiger partial charge in [-0.15, -0.1) is 0 Å². The van der Waals surface area contributed by atoms with E-state index < -0.39 is 0 Å². The van der Waals surface area contributed by atoms with Crippen LogP contribution in [-0.4, -0.2) is 54.4 Å². The third kappa shape index (κ3) is 5.07. The minimum absolute atomic E-state index is 0.0373. The van der Waals surface area contributed by atoms with Crippen molar-refractivity contribution in [3.05, 3.63) is 65.2 Å². The second kappa shape index (κ2) is 9.13. The lowest BCUT2D eigenvalue weighted by Crippen LogP contribution is -2.47. The highest BCUT2D eigenvalue weighted by molar-refractivity contribution is 5.92. The molecule has 0 aromatic heterocycles. The average molecular weight is 405 g/mol. The second-order valence-electron chi connectivity index (χ2n) is 7.78. The molecule has 2 aliphatic rings. The summed E-state index contributed by atoms with van der Waals surface area (Å²) in [5, 5.41) is 2.73. The van der Waals surface area contributed by atoms with Gasteiger partial charge in [0, 0.05) is 57.8 Å². The SMILES string of the molecule is CC(=O)Nc1ccc(/C=C/C(=O)N2CCN(Cc3ccc4c(c3)CCO4)CC2)cc1. The van der Waals surface area contributed by atoms with Gasteiger partial charge in [-0.3, -0.25) is 14.5 Å². The van der Waals surface area contributed by atoms with Crippen LogP contribution in [0.25, 0.3) is 6.08 Å². The molecule has 2 amide bonds. The maximum absolute atomic E-state index is 12.5. The molecule has 2 aromatic carbocycles. The van der Waals surface area contributed by atoms with Gasteiger partial charge in [0.25, 0.3) is 0 Å². The van der Waals surface area contributed by atoms with E-state index in [0.717, 1.165) is 62.8 Å². The van der Waals surface area contributed by atoms with Gasteiger partial charge in [-0.2, -0.15) is 0 Å². The van der Waals surface area contributed by atoms with E-state index in [4.69, 9.17) is 4.74 Å². The number of ether oxygens (including phenoxy) is 1. The molecular formula is C24H27N3O3. The van der Waals surface area contributed by atoms with Crippen molar-refractivity contribution in [3.8, 4) is 5.75 Å². The molecule has 0 bridgehead atoms. The largest absolute Gasteiger partial charge is 0.493 e. The third-order valence-corrected chi connectivity index (χ3v) is 5.49. The Morgan fingerprint density at radius 1 is 1.07 bits per heavy atom. The second-order valence-corrected chi connectivity index (χ2v) is 7.78. The summed E-state index contributed by atoms with van der Waals surface area (Å²) >= 11 is 0. The highest BCUT2D eigenvalue weighted by atomic mass is 16.5. The fourth-order valence-electron chi connectivity index (χ4n) is 3.88. The van der Waals surface area contributed by atoms with Crippen LogP contribution >= 0.6 is 0 Å². The normalized spacial score (nSPS) is 16.4. The summed E-state index contributed by atoms with van der Waals surface area (Å²) in [6.45, 7) is 6.39. The van der Waals surface area contributed by atoms with Gasteiger partial charge < -0.3 is 15.0 Å². The smallest absolute Gasteiger partial charge is 0.246 e. The minimum Gasteiger partial charge on any atom is -0.493 e. The molecule has 6 heteroatoms.